The average Bonchev–Trinajstić information content (AvgIpc) is 2.86. The van der Waals surface area contributed by atoms with Crippen molar-refractivity contribution < 1.29 is 4.42 Å². The van der Waals surface area contributed by atoms with Crippen molar-refractivity contribution >= 4 is 11.3 Å². The predicted octanol–water partition coefficient (Wildman–Crippen LogP) is 3.31. The van der Waals surface area contributed by atoms with Gasteiger partial charge in [0.2, 0.25) is 0 Å². The minimum atomic E-state index is 0.378. The third-order valence-corrected chi connectivity index (χ3v) is 2.99. The number of rotatable bonds is 3. The van der Waals surface area contributed by atoms with E-state index in [-0.39, 0.29) is 0 Å². The summed E-state index contributed by atoms with van der Waals surface area (Å²) in [5, 5.41) is 2.83. The maximum absolute atomic E-state index is 5.62. The highest BCUT2D eigenvalue weighted by Gasteiger charge is 2.12. The van der Waals surface area contributed by atoms with Gasteiger partial charge in [0.05, 0.1) is 6.20 Å². The minimum absolute atomic E-state index is 0.378. The van der Waals surface area contributed by atoms with Crippen LogP contribution in [0, 0.1) is 0 Å². The second-order valence-electron chi connectivity index (χ2n) is 3.21. The molecule has 2 aromatic rings. The molecule has 2 rings (SSSR count). The van der Waals surface area contributed by atoms with Crippen LogP contribution in [0.3, 0.4) is 0 Å². The highest BCUT2D eigenvalue weighted by Crippen LogP contribution is 2.26. The Hall–Kier alpha value is -1.16. The predicted molar refractivity (Wildman–Crippen MR) is 56.3 cm³/mol. The van der Waals surface area contributed by atoms with E-state index in [0.29, 0.717) is 5.92 Å². The molecule has 1 unspecified atom stereocenters. The first kappa shape index (κ1) is 9.40. The summed E-state index contributed by atoms with van der Waals surface area (Å²) in [5.74, 6) is 1.96. The smallest absolute Gasteiger partial charge is 0.197 e. The Bertz CT molecular complexity index is 394. The summed E-state index contributed by atoms with van der Waals surface area (Å²) < 4.78 is 5.62. The first-order valence-electron chi connectivity index (χ1n) is 4.67. The Morgan fingerprint density at radius 3 is 3.00 bits per heavy atom. The van der Waals surface area contributed by atoms with E-state index in [1.807, 2.05) is 5.38 Å². The maximum atomic E-state index is 5.62. The summed E-state index contributed by atoms with van der Waals surface area (Å²) in [7, 11) is 0. The molecule has 1 atom stereocenters. The van der Waals surface area contributed by atoms with Gasteiger partial charge in [-0.25, -0.2) is 9.97 Å². The third-order valence-electron chi connectivity index (χ3n) is 2.20. The molecule has 0 saturated carbocycles. The van der Waals surface area contributed by atoms with E-state index >= 15 is 0 Å². The molecule has 0 aromatic carbocycles. The van der Waals surface area contributed by atoms with Crippen molar-refractivity contribution in [2.75, 3.05) is 0 Å². The number of aromatic nitrogens is 2. The molecule has 0 fully saturated rings. The largest absolute Gasteiger partial charge is 0.438 e. The molecule has 74 valence electrons. The van der Waals surface area contributed by atoms with E-state index in [9.17, 15) is 0 Å². The molecule has 0 radical (unpaired) electrons. The molecule has 2 heterocycles. The Morgan fingerprint density at radius 2 is 2.36 bits per heavy atom. The van der Waals surface area contributed by atoms with Gasteiger partial charge in [-0.2, -0.15) is 0 Å². The van der Waals surface area contributed by atoms with Crippen LogP contribution >= 0.6 is 11.3 Å². The summed E-state index contributed by atoms with van der Waals surface area (Å²) in [6.45, 7) is 4.23. The molecule has 14 heavy (non-hydrogen) atoms. The standard InChI is InChI=1S/C10H12N2OS/c1-3-7(2)9-12-6-8(13-9)10-11-4-5-14-10/h4-7H,3H2,1-2H3. The van der Waals surface area contributed by atoms with Gasteiger partial charge in [0.15, 0.2) is 16.7 Å². The quantitative estimate of drug-likeness (QED) is 0.776. The van der Waals surface area contributed by atoms with E-state index in [0.717, 1.165) is 23.1 Å². The number of oxazole rings is 1. The lowest BCUT2D eigenvalue weighted by Crippen LogP contribution is -1.89. The van der Waals surface area contributed by atoms with Crippen LogP contribution in [0.1, 0.15) is 32.1 Å². The fraction of sp³-hybridized carbons (Fsp3) is 0.400. The van der Waals surface area contributed by atoms with Crippen molar-refractivity contribution in [1.29, 1.82) is 0 Å². The Balaban J connectivity index is 2.26. The van der Waals surface area contributed by atoms with Crippen LogP contribution < -0.4 is 0 Å². The summed E-state index contributed by atoms with van der Waals surface area (Å²) in [6, 6.07) is 0. The van der Waals surface area contributed by atoms with Gasteiger partial charge in [0.1, 0.15) is 0 Å². The summed E-state index contributed by atoms with van der Waals surface area (Å²) in [5.41, 5.74) is 0. The van der Waals surface area contributed by atoms with Crippen molar-refractivity contribution in [3.05, 3.63) is 23.7 Å². The van der Waals surface area contributed by atoms with Crippen molar-refractivity contribution in [2.45, 2.75) is 26.2 Å². The molecular formula is C10H12N2OS. The van der Waals surface area contributed by atoms with E-state index in [1.54, 1.807) is 23.7 Å². The fourth-order valence-corrected chi connectivity index (χ4v) is 1.72. The lowest BCUT2D eigenvalue weighted by atomic mass is 10.1. The molecule has 0 N–H and O–H groups in total. The number of hydrogen-bond acceptors (Lipinski definition) is 4. The Morgan fingerprint density at radius 1 is 1.50 bits per heavy atom. The molecule has 4 heteroatoms. The zero-order valence-corrected chi connectivity index (χ0v) is 9.04. The van der Waals surface area contributed by atoms with Crippen molar-refractivity contribution in [2.24, 2.45) is 0 Å². The average molecular weight is 208 g/mol. The minimum Gasteiger partial charge on any atom is -0.438 e. The van der Waals surface area contributed by atoms with Crippen LogP contribution in [0.15, 0.2) is 22.2 Å². The van der Waals surface area contributed by atoms with Crippen molar-refractivity contribution in [3.8, 4) is 10.8 Å². The molecule has 0 saturated heterocycles. The van der Waals surface area contributed by atoms with Gasteiger partial charge in [-0.05, 0) is 6.42 Å². The molecule has 0 aliphatic rings. The summed E-state index contributed by atoms with van der Waals surface area (Å²) in [4.78, 5) is 8.41. The van der Waals surface area contributed by atoms with Gasteiger partial charge >= 0.3 is 0 Å². The lowest BCUT2D eigenvalue weighted by Gasteiger charge is -2.00. The van der Waals surface area contributed by atoms with Gasteiger partial charge in [-0.3, -0.25) is 0 Å². The van der Waals surface area contributed by atoms with Gasteiger partial charge in [-0.15, -0.1) is 11.3 Å². The Kier molecular flexibility index (Phi) is 2.63. The van der Waals surface area contributed by atoms with E-state index in [4.69, 9.17) is 4.42 Å². The van der Waals surface area contributed by atoms with Gasteiger partial charge < -0.3 is 4.42 Å². The van der Waals surface area contributed by atoms with Gasteiger partial charge in [-0.1, -0.05) is 13.8 Å². The normalized spacial score (nSPS) is 13.0. The molecule has 0 aliphatic heterocycles. The van der Waals surface area contributed by atoms with E-state index in [1.165, 1.54) is 0 Å². The molecule has 3 nitrogen and oxygen atoms in total. The fourth-order valence-electron chi connectivity index (χ4n) is 1.13. The van der Waals surface area contributed by atoms with Crippen LogP contribution in [0.5, 0.6) is 0 Å². The SMILES string of the molecule is CCC(C)c1ncc(-c2nccs2)o1. The summed E-state index contributed by atoms with van der Waals surface area (Å²) in [6.07, 6.45) is 4.56. The van der Waals surface area contributed by atoms with Crippen LogP contribution in [0.2, 0.25) is 0 Å². The molecule has 0 bridgehead atoms. The van der Waals surface area contributed by atoms with Gasteiger partial charge in [0, 0.05) is 17.5 Å². The highest BCUT2D eigenvalue weighted by molar-refractivity contribution is 7.13. The highest BCUT2D eigenvalue weighted by atomic mass is 32.1. The number of hydrogen-bond donors (Lipinski definition) is 0. The second kappa shape index (κ2) is 3.92. The van der Waals surface area contributed by atoms with Crippen molar-refractivity contribution in [3.63, 3.8) is 0 Å². The third kappa shape index (κ3) is 1.70. The molecular weight excluding hydrogens is 196 g/mol. The van der Waals surface area contributed by atoms with Gasteiger partial charge in [0.25, 0.3) is 0 Å². The molecule has 0 aliphatic carbocycles. The number of thiazole rings is 1. The van der Waals surface area contributed by atoms with Crippen LogP contribution in [-0.4, -0.2) is 9.97 Å². The topological polar surface area (TPSA) is 38.9 Å². The first-order valence-corrected chi connectivity index (χ1v) is 5.54. The maximum Gasteiger partial charge on any atom is 0.197 e. The monoisotopic (exact) mass is 208 g/mol. The summed E-state index contributed by atoms with van der Waals surface area (Å²) >= 11 is 1.56. The Labute approximate surface area is 86.8 Å². The lowest BCUT2D eigenvalue weighted by molar-refractivity contribution is 0.462. The zero-order valence-electron chi connectivity index (χ0n) is 8.23. The van der Waals surface area contributed by atoms with Crippen LogP contribution in [-0.2, 0) is 0 Å². The van der Waals surface area contributed by atoms with Crippen LogP contribution in [0.25, 0.3) is 10.8 Å². The van der Waals surface area contributed by atoms with Crippen LogP contribution in [0.4, 0.5) is 0 Å². The zero-order chi connectivity index (χ0) is 9.97. The molecule has 2 aromatic heterocycles. The first-order chi connectivity index (χ1) is 6.81. The number of nitrogens with zero attached hydrogens (tertiary/aromatic N) is 2. The molecule has 0 spiro atoms. The second-order valence-corrected chi connectivity index (χ2v) is 4.10. The van der Waals surface area contributed by atoms with E-state index < -0.39 is 0 Å². The molecule has 0 amide bonds. The van der Waals surface area contributed by atoms with Crippen molar-refractivity contribution in [1.82, 2.24) is 9.97 Å². The van der Waals surface area contributed by atoms with E-state index in [2.05, 4.69) is 23.8 Å².